The van der Waals surface area contributed by atoms with Crippen molar-refractivity contribution in [2.75, 3.05) is 39.9 Å². The molecule has 1 N–H and O–H groups in total. The van der Waals surface area contributed by atoms with Gasteiger partial charge in [0.1, 0.15) is 12.1 Å². The van der Waals surface area contributed by atoms with Gasteiger partial charge in [0.25, 0.3) is 5.91 Å². The number of ether oxygens (including phenoxy) is 1. The molecule has 0 bridgehead atoms. The predicted molar refractivity (Wildman–Crippen MR) is 115 cm³/mol. The number of benzene rings is 1. The minimum Gasteiger partial charge on any atom is -0.379 e. The largest absolute Gasteiger partial charge is 0.379 e. The Bertz CT molecular complexity index is 831. The molecule has 8 nitrogen and oxygen atoms in total. The highest BCUT2D eigenvalue weighted by molar-refractivity contribution is 6.08. The van der Waals surface area contributed by atoms with E-state index >= 15 is 0 Å². The van der Waals surface area contributed by atoms with Crippen molar-refractivity contribution in [3.05, 3.63) is 35.4 Å². The number of nitrogens with one attached hydrogen (secondary N) is 1. The number of amides is 4. The van der Waals surface area contributed by atoms with Crippen LogP contribution >= 0.6 is 0 Å². The van der Waals surface area contributed by atoms with Gasteiger partial charge in [-0.25, -0.2) is 4.79 Å². The van der Waals surface area contributed by atoms with Gasteiger partial charge in [-0.3, -0.25) is 19.4 Å². The highest BCUT2D eigenvalue weighted by atomic mass is 16.5. The standard InChI is InChI=1S/C23H32N4O4/c1-25-22(30)27(21(29)23(25)9-5-2-6-10-23)17-20(28)24-15-18-7-3-4-8-19(18)16-26-11-13-31-14-12-26/h3-4,7-8H,2,5-6,9-17H2,1H3,(H,24,28). The van der Waals surface area contributed by atoms with E-state index in [0.29, 0.717) is 19.4 Å². The van der Waals surface area contributed by atoms with Crippen LogP contribution in [0.2, 0.25) is 0 Å². The second-order valence-electron chi connectivity index (χ2n) is 8.76. The van der Waals surface area contributed by atoms with Crippen molar-refractivity contribution in [2.45, 2.75) is 50.7 Å². The third kappa shape index (κ3) is 4.45. The van der Waals surface area contributed by atoms with Crippen LogP contribution in [0.1, 0.15) is 43.2 Å². The Balaban J connectivity index is 1.35. The summed E-state index contributed by atoms with van der Waals surface area (Å²) in [7, 11) is 1.69. The fraction of sp³-hybridized carbons (Fsp3) is 0.609. The fourth-order valence-electron chi connectivity index (χ4n) is 4.95. The van der Waals surface area contributed by atoms with Crippen molar-refractivity contribution in [1.82, 2.24) is 20.0 Å². The van der Waals surface area contributed by atoms with E-state index in [1.54, 1.807) is 11.9 Å². The lowest BCUT2D eigenvalue weighted by atomic mass is 9.81. The molecule has 2 saturated heterocycles. The maximum Gasteiger partial charge on any atom is 0.327 e. The Hall–Kier alpha value is -2.45. The summed E-state index contributed by atoms with van der Waals surface area (Å²) < 4.78 is 5.41. The molecule has 0 atom stereocenters. The van der Waals surface area contributed by atoms with E-state index in [9.17, 15) is 14.4 Å². The molecule has 1 aromatic rings. The van der Waals surface area contributed by atoms with Crippen LogP contribution in [0.4, 0.5) is 4.79 Å². The Morgan fingerprint density at radius 2 is 1.74 bits per heavy atom. The summed E-state index contributed by atoms with van der Waals surface area (Å²) in [5.41, 5.74) is 1.46. The van der Waals surface area contributed by atoms with Gasteiger partial charge < -0.3 is 15.0 Å². The summed E-state index contributed by atoms with van der Waals surface area (Å²) in [6.07, 6.45) is 4.32. The van der Waals surface area contributed by atoms with Gasteiger partial charge in [-0.15, -0.1) is 0 Å². The number of imide groups is 1. The Labute approximate surface area is 183 Å². The number of morpholine rings is 1. The number of hydrogen-bond acceptors (Lipinski definition) is 5. The first-order valence-electron chi connectivity index (χ1n) is 11.2. The van der Waals surface area contributed by atoms with Crippen LogP contribution < -0.4 is 5.32 Å². The van der Waals surface area contributed by atoms with Gasteiger partial charge in [-0.1, -0.05) is 43.5 Å². The summed E-state index contributed by atoms with van der Waals surface area (Å²) in [4.78, 5) is 43.4. The minimum atomic E-state index is -0.750. The second kappa shape index (κ2) is 9.36. The van der Waals surface area contributed by atoms with E-state index in [4.69, 9.17) is 4.74 Å². The van der Waals surface area contributed by atoms with E-state index in [1.165, 1.54) is 5.56 Å². The van der Waals surface area contributed by atoms with Gasteiger partial charge in [0.15, 0.2) is 0 Å². The van der Waals surface area contributed by atoms with E-state index in [1.807, 2.05) is 18.2 Å². The van der Waals surface area contributed by atoms with Crippen LogP contribution in [0, 0.1) is 0 Å². The molecule has 168 valence electrons. The molecular formula is C23H32N4O4. The fourth-order valence-corrected chi connectivity index (χ4v) is 4.95. The lowest BCUT2D eigenvalue weighted by molar-refractivity contribution is -0.137. The summed E-state index contributed by atoms with van der Waals surface area (Å²) in [6, 6.07) is 7.68. The number of carbonyl (C=O) groups excluding carboxylic acids is 3. The van der Waals surface area contributed by atoms with E-state index in [0.717, 1.165) is 62.6 Å². The Kier molecular flexibility index (Phi) is 6.57. The Morgan fingerprint density at radius 1 is 1.06 bits per heavy atom. The van der Waals surface area contributed by atoms with Gasteiger partial charge in [0.2, 0.25) is 5.91 Å². The van der Waals surface area contributed by atoms with Crippen LogP contribution in [0.5, 0.6) is 0 Å². The molecule has 0 unspecified atom stereocenters. The topological polar surface area (TPSA) is 82.2 Å². The molecule has 3 fully saturated rings. The zero-order valence-electron chi connectivity index (χ0n) is 18.3. The SMILES string of the molecule is CN1C(=O)N(CC(=O)NCc2ccccc2CN2CCOCC2)C(=O)C12CCCCC2. The summed E-state index contributed by atoms with van der Waals surface area (Å²) in [5, 5.41) is 2.90. The zero-order valence-corrected chi connectivity index (χ0v) is 18.3. The molecule has 2 aliphatic heterocycles. The van der Waals surface area contributed by atoms with E-state index < -0.39 is 5.54 Å². The molecule has 1 spiro atoms. The highest BCUT2D eigenvalue weighted by Gasteiger charge is 2.55. The van der Waals surface area contributed by atoms with Crippen molar-refractivity contribution in [2.24, 2.45) is 0 Å². The van der Waals surface area contributed by atoms with Crippen molar-refractivity contribution in [3.63, 3.8) is 0 Å². The number of carbonyl (C=O) groups is 3. The first-order valence-corrected chi connectivity index (χ1v) is 11.2. The summed E-state index contributed by atoms with van der Waals surface area (Å²) in [6.45, 7) is 4.24. The number of hydrogen-bond donors (Lipinski definition) is 1. The van der Waals surface area contributed by atoms with Crippen molar-refractivity contribution >= 4 is 17.8 Å². The summed E-state index contributed by atoms with van der Waals surface area (Å²) in [5.74, 6) is -0.535. The van der Waals surface area contributed by atoms with Crippen molar-refractivity contribution < 1.29 is 19.1 Å². The molecule has 0 aromatic heterocycles. The van der Waals surface area contributed by atoms with E-state index in [2.05, 4.69) is 16.3 Å². The molecule has 2 heterocycles. The molecule has 8 heteroatoms. The third-order valence-electron chi connectivity index (χ3n) is 6.88. The smallest absolute Gasteiger partial charge is 0.327 e. The predicted octanol–water partition coefficient (Wildman–Crippen LogP) is 1.73. The first kappa shape index (κ1) is 21.8. The molecular weight excluding hydrogens is 396 g/mol. The molecule has 4 amide bonds. The quantitative estimate of drug-likeness (QED) is 0.698. The van der Waals surface area contributed by atoms with Gasteiger partial charge in [-0.05, 0) is 24.0 Å². The monoisotopic (exact) mass is 428 g/mol. The lowest BCUT2D eigenvalue weighted by Gasteiger charge is -2.35. The maximum atomic E-state index is 13.1. The van der Waals surface area contributed by atoms with Gasteiger partial charge >= 0.3 is 6.03 Å². The van der Waals surface area contributed by atoms with Crippen LogP contribution in [0.3, 0.4) is 0 Å². The molecule has 0 radical (unpaired) electrons. The van der Waals surface area contributed by atoms with Gasteiger partial charge in [0.05, 0.1) is 13.2 Å². The number of nitrogens with zero attached hydrogens (tertiary/aromatic N) is 3. The zero-order chi connectivity index (χ0) is 21.8. The third-order valence-corrected chi connectivity index (χ3v) is 6.88. The van der Waals surface area contributed by atoms with Gasteiger partial charge in [0, 0.05) is 33.2 Å². The summed E-state index contributed by atoms with van der Waals surface area (Å²) >= 11 is 0. The first-order chi connectivity index (χ1) is 15.0. The number of likely N-dealkylation sites (N-methyl/N-ethyl adjacent to an activating group) is 1. The molecule has 4 rings (SSSR count). The lowest BCUT2D eigenvalue weighted by Crippen LogP contribution is -2.49. The molecule has 1 aliphatic carbocycles. The average Bonchev–Trinajstić information content (AvgIpc) is 2.96. The molecule has 1 saturated carbocycles. The minimum absolute atomic E-state index is 0.220. The van der Waals surface area contributed by atoms with Crippen LogP contribution in [-0.4, -0.2) is 78.0 Å². The highest BCUT2D eigenvalue weighted by Crippen LogP contribution is 2.39. The number of urea groups is 1. The number of rotatable bonds is 6. The molecule has 1 aromatic carbocycles. The normalized spacial score (nSPS) is 21.7. The van der Waals surface area contributed by atoms with Gasteiger partial charge in [-0.2, -0.15) is 0 Å². The van der Waals surface area contributed by atoms with Crippen molar-refractivity contribution in [3.8, 4) is 0 Å². The van der Waals surface area contributed by atoms with Crippen LogP contribution in [0.15, 0.2) is 24.3 Å². The van der Waals surface area contributed by atoms with Crippen LogP contribution in [-0.2, 0) is 27.4 Å². The second-order valence-corrected chi connectivity index (χ2v) is 8.76. The molecule has 3 aliphatic rings. The van der Waals surface area contributed by atoms with E-state index in [-0.39, 0.29) is 24.4 Å². The average molecular weight is 429 g/mol. The Morgan fingerprint density at radius 3 is 2.45 bits per heavy atom. The maximum absolute atomic E-state index is 13.1. The van der Waals surface area contributed by atoms with Crippen molar-refractivity contribution in [1.29, 1.82) is 0 Å². The van der Waals surface area contributed by atoms with Crippen LogP contribution in [0.25, 0.3) is 0 Å². The molecule has 31 heavy (non-hydrogen) atoms.